The van der Waals surface area contributed by atoms with Gasteiger partial charge in [-0.15, -0.1) is 0 Å². The SMILES string of the molecule is CC(C)(CO)CNc1nccc2c(Br)cccc12. The first kappa shape index (κ1) is 13.3. The van der Waals surface area contributed by atoms with Crippen LogP contribution in [-0.2, 0) is 0 Å². The highest BCUT2D eigenvalue weighted by Crippen LogP contribution is 2.28. The zero-order valence-corrected chi connectivity index (χ0v) is 12.2. The van der Waals surface area contributed by atoms with E-state index in [0.29, 0.717) is 6.54 Å². The topological polar surface area (TPSA) is 45.1 Å². The van der Waals surface area contributed by atoms with Crippen LogP contribution in [-0.4, -0.2) is 23.2 Å². The minimum atomic E-state index is -0.157. The van der Waals surface area contributed by atoms with Gasteiger partial charge < -0.3 is 10.4 Å². The zero-order chi connectivity index (χ0) is 13.2. The Hall–Kier alpha value is -1.13. The molecule has 18 heavy (non-hydrogen) atoms. The van der Waals surface area contributed by atoms with Gasteiger partial charge in [-0.2, -0.15) is 0 Å². The van der Waals surface area contributed by atoms with Crippen molar-refractivity contribution >= 4 is 32.5 Å². The lowest BCUT2D eigenvalue weighted by Gasteiger charge is -2.22. The number of aliphatic hydroxyl groups excluding tert-OH is 1. The Morgan fingerprint density at radius 2 is 2.06 bits per heavy atom. The summed E-state index contributed by atoms with van der Waals surface area (Å²) in [6, 6.07) is 8.05. The molecule has 0 aliphatic carbocycles. The number of aliphatic hydroxyl groups is 1. The summed E-state index contributed by atoms with van der Waals surface area (Å²) in [5, 5.41) is 14.8. The van der Waals surface area contributed by atoms with Gasteiger partial charge >= 0.3 is 0 Å². The van der Waals surface area contributed by atoms with Gasteiger partial charge in [0.15, 0.2) is 0 Å². The Morgan fingerprint density at radius 3 is 2.78 bits per heavy atom. The van der Waals surface area contributed by atoms with Crippen LogP contribution >= 0.6 is 15.9 Å². The van der Waals surface area contributed by atoms with E-state index in [1.807, 2.05) is 38.1 Å². The maximum atomic E-state index is 9.26. The maximum absolute atomic E-state index is 9.26. The molecule has 0 saturated heterocycles. The zero-order valence-electron chi connectivity index (χ0n) is 10.6. The quantitative estimate of drug-likeness (QED) is 0.909. The summed E-state index contributed by atoms with van der Waals surface area (Å²) in [5.74, 6) is 0.857. The molecule has 96 valence electrons. The Labute approximate surface area is 115 Å². The predicted octanol–water partition coefficient (Wildman–Crippen LogP) is 3.43. The molecular formula is C14H17BrN2O. The van der Waals surface area contributed by atoms with Crippen molar-refractivity contribution in [1.82, 2.24) is 4.98 Å². The van der Waals surface area contributed by atoms with Crippen LogP contribution < -0.4 is 5.32 Å². The lowest BCUT2D eigenvalue weighted by Crippen LogP contribution is -2.27. The van der Waals surface area contributed by atoms with Crippen LogP contribution in [0.15, 0.2) is 34.9 Å². The molecular weight excluding hydrogens is 292 g/mol. The number of halogens is 1. The van der Waals surface area contributed by atoms with Crippen LogP contribution in [0.5, 0.6) is 0 Å². The Balaban J connectivity index is 2.32. The van der Waals surface area contributed by atoms with Crippen LogP contribution in [0.2, 0.25) is 0 Å². The van der Waals surface area contributed by atoms with Gasteiger partial charge in [0, 0.05) is 40.0 Å². The van der Waals surface area contributed by atoms with Gasteiger partial charge in [0.2, 0.25) is 0 Å². The average molecular weight is 309 g/mol. The van der Waals surface area contributed by atoms with Crippen molar-refractivity contribution in [1.29, 1.82) is 0 Å². The van der Waals surface area contributed by atoms with Crippen LogP contribution in [0.4, 0.5) is 5.82 Å². The minimum absolute atomic E-state index is 0.147. The van der Waals surface area contributed by atoms with Crippen molar-refractivity contribution in [3.8, 4) is 0 Å². The van der Waals surface area contributed by atoms with Gasteiger partial charge in [0.05, 0.1) is 0 Å². The molecule has 0 unspecified atom stereocenters. The molecule has 0 saturated carbocycles. The molecule has 2 aromatic rings. The highest BCUT2D eigenvalue weighted by molar-refractivity contribution is 9.10. The summed E-state index contributed by atoms with van der Waals surface area (Å²) in [7, 11) is 0. The fourth-order valence-electron chi connectivity index (χ4n) is 1.69. The molecule has 2 rings (SSSR count). The summed E-state index contributed by atoms with van der Waals surface area (Å²) in [4.78, 5) is 4.37. The standard InChI is InChI=1S/C14H17BrN2O/c1-14(2,9-18)8-17-13-11-4-3-5-12(15)10(11)6-7-16-13/h3-7,18H,8-9H2,1-2H3,(H,16,17). The number of pyridine rings is 1. The monoisotopic (exact) mass is 308 g/mol. The highest BCUT2D eigenvalue weighted by atomic mass is 79.9. The van der Waals surface area contributed by atoms with E-state index in [1.165, 1.54) is 0 Å². The molecule has 2 N–H and O–H groups in total. The number of hydrogen-bond acceptors (Lipinski definition) is 3. The van der Waals surface area contributed by atoms with E-state index in [2.05, 4.69) is 26.2 Å². The van der Waals surface area contributed by atoms with E-state index in [1.54, 1.807) is 6.20 Å². The van der Waals surface area contributed by atoms with Crippen molar-refractivity contribution < 1.29 is 5.11 Å². The lowest BCUT2D eigenvalue weighted by molar-refractivity contribution is 0.171. The van der Waals surface area contributed by atoms with Crippen molar-refractivity contribution in [3.05, 3.63) is 34.9 Å². The molecule has 4 heteroatoms. The summed E-state index contributed by atoms with van der Waals surface area (Å²) in [6.45, 7) is 4.86. The fourth-order valence-corrected chi connectivity index (χ4v) is 2.19. The first-order valence-electron chi connectivity index (χ1n) is 5.91. The number of fused-ring (bicyclic) bond motifs is 1. The molecule has 1 aromatic heterocycles. The Kier molecular flexibility index (Phi) is 3.88. The number of nitrogens with one attached hydrogen (secondary N) is 1. The fraction of sp³-hybridized carbons (Fsp3) is 0.357. The lowest BCUT2D eigenvalue weighted by atomic mass is 9.95. The van der Waals surface area contributed by atoms with Gasteiger partial charge in [0.25, 0.3) is 0 Å². The van der Waals surface area contributed by atoms with Gasteiger partial charge in [-0.1, -0.05) is 41.9 Å². The highest BCUT2D eigenvalue weighted by Gasteiger charge is 2.16. The molecule has 0 amide bonds. The third-order valence-corrected chi connectivity index (χ3v) is 3.61. The number of aromatic nitrogens is 1. The van der Waals surface area contributed by atoms with Crippen molar-refractivity contribution in [2.24, 2.45) is 5.41 Å². The second-order valence-electron chi connectivity index (χ2n) is 5.17. The second-order valence-corrected chi connectivity index (χ2v) is 6.02. The van der Waals surface area contributed by atoms with E-state index in [9.17, 15) is 5.11 Å². The largest absolute Gasteiger partial charge is 0.396 e. The summed E-state index contributed by atoms with van der Waals surface area (Å²) >= 11 is 3.54. The van der Waals surface area contributed by atoms with Crippen molar-refractivity contribution in [2.45, 2.75) is 13.8 Å². The van der Waals surface area contributed by atoms with Crippen LogP contribution in [0, 0.1) is 5.41 Å². The predicted molar refractivity (Wildman–Crippen MR) is 78.8 cm³/mol. The minimum Gasteiger partial charge on any atom is -0.396 e. The Morgan fingerprint density at radius 1 is 1.28 bits per heavy atom. The smallest absolute Gasteiger partial charge is 0.133 e. The molecule has 1 heterocycles. The first-order valence-corrected chi connectivity index (χ1v) is 6.71. The molecule has 0 fully saturated rings. The van der Waals surface area contributed by atoms with E-state index in [0.717, 1.165) is 21.1 Å². The van der Waals surface area contributed by atoms with Crippen molar-refractivity contribution in [3.63, 3.8) is 0 Å². The average Bonchev–Trinajstić information content (AvgIpc) is 2.37. The number of benzene rings is 1. The normalized spacial score (nSPS) is 11.8. The molecule has 0 atom stereocenters. The van der Waals surface area contributed by atoms with Gasteiger partial charge in [0.1, 0.15) is 5.82 Å². The van der Waals surface area contributed by atoms with E-state index < -0.39 is 0 Å². The summed E-state index contributed by atoms with van der Waals surface area (Å²) < 4.78 is 1.06. The summed E-state index contributed by atoms with van der Waals surface area (Å²) in [6.07, 6.45) is 1.79. The number of hydrogen-bond donors (Lipinski definition) is 2. The number of anilines is 1. The van der Waals surface area contributed by atoms with E-state index >= 15 is 0 Å². The number of nitrogens with zero attached hydrogens (tertiary/aromatic N) is 1. The van der Waals surface area contributed by atoms with Gasteiger partial charge in [-0.3, -0.25) is 0 Å². The molecule has 1 aromatic carbocycles. The molecule has 3 nitrogen and oxygen atoms in total. The van der Waals surface area contributed by atoms with Crippen molar-refractivity contribution in [2.75, 3.05) is 18.5 Å². The first-order chi connectivity index (χ1) is 8.53. The third kappa shape index (κ3) is 2.82. The molecule has 0 aliphatic heterocycles. The maximum Gasteiger partial charge on any atom is 0.133 e. The van der Waals surface area contributed by atoms with E-state index in [-0.39, 0.29) is 12.0 Å². The molecule has 0 bridgehead atoms. The number of rotatable bonds is 4. The third-order valence-electron chi connectivity index (χ3n) is 2.92. The molecule has 0 spiro atoms. The Bertz CT molecular complexity index is 554. The van der Waals surface area contributed by atoms with Crippen LogP contribution in [0.1, 0.15) is 13.8 Å². The van der Waals surface area contributed by atoms with E-state index in [4.69, 9.17) is 0 Å². The summed E-state index contributed by atoms with van der Waals surface area (Å²) in [5.41, 5.74) is -0.157. The van der Waals surface area contributed by atoms with Crippen LogP contribution in [0.25, 0.3) is 10.8 Å². The molecule has 0 aliphatic rings. The van der Waals surface area contributed by atoms with Gasteiger partial charge in [-0.25, -0.2) is 4.98 Å². The second kappa shape index (κ2) is 5.24. The van der Waals surface area contributed by atoms with Gasteiger partial charge in [-0.05, 0) is 12.1 Å². The molecule has 0 radical (unpaired) electrons. The van der Waals surface area contributed by atoms with Crippen LogP contribution in [0.3, 0.4) is 0 Å².